The van der Waals surface area contributed by atoms with Crippen molar-refractivity contribution in [2.45, 2.75) is 6.42 Å². The van der Waals surface area contributed by atoms with Crippen LogP contribution in [0.1, 0.15) is 27.1 Å². The average Bonchev–Trinajstić information content (AvgIpc) is 2.56. The Hall–Kier alpha value is -1.85. The molecule has 0 fully saturated rings. The molecule has 0 saturated carbocycles. The maximum absolute atomic E-state index is 12.3. The van der Waals surface area contributed by atoms with Gasteiger partial charge in [-0.15, -0.1) is 0 Å². The largest absolute Gasteiger partial charge is 0.493 e. The summed E-state index contributed by atoms with van der Waals surface area (Å²) < 4.78 is 10.9. The Labute approximate surface area is 147 Å². The first-order valence-electron chi connectivity index (χ1n) is 6.69. The Bertz CT molecular complexity index is 758. The van der Waals surface area contributed by atoms with Gasteiger partial charge in [0.05, 0.1) is 20.6 Å². The minimum Gasteiger partial charge on any atom is -0.493 e. The summed E-state index contributed by atoms with van der Waals surface area (Å²) in [7, 11) is 3.00. The van der Waals surface area contributed by atoms with Crippen LogP contribution >= 0.6 is 27.5 Å². The highest BCUT2D eigenvalue weighted by Crippen LogP contribution is 2.28. The van der Waals surface area contributed by atoms with E-state index >= 15 is 0 Å². The Morgan fingerprint density at radius 2 is 1.70 bits per heavy atom. The van der Waals surface area contributed by atoms with Crippen LogP contribution in [0.15, 0.2) is 40.9 Å². The number of carbonyl (C=O) groups is 2. The summed E-state index contributed by atoms with van der Waals surface area (Å²) in [5.74, 6) is 0.352. The number of ketones is 2. The maximum atomic E-state index is 12.3. The first-order chi connectivity index (χ1) is 11.0. The zero-order chi connectivity index (χ0) is 17.0. The summed E-state index contributed by atoms with van der Waals surface area (Å²) >= 11 is 9.19. The van der Waals surface area contributed by atoms with Crippen molar-refractivity contribution in [1.29, 1.82) is 0 Å². The minimum atomic E-state index is -0.306. The Morgan fingerprint density at radius 3 is 2.35 bits per heavy atom. The highest BCUT2D eigenvalue weighted by Gasteiger charge is 2.18. The van der Waals surface area contributed by atoms with Gasteiger partial charge in [-0.3, -0.25) is 9.59 Å². The SMILES string of the molecule is COc1ccc(C(=O)CC(=O)c2cc(Cl)ccc2Br)cc1OC. The molecule has 0 unspecified atom stereocenters. The van der Waals surface area contributed by atoms with Crippen LogP contribution in [0.2, 0.25) is 5.02 Å². The molecule has 0 spiro atoms. The van der Waals surface area contributed by atoms with Crippen LogP contribution < -0.4 is 9.47 Å². The molecule has 0 aliphatic rings. The van der Waals surface area contributed by atoms with Gasteiger partial charge < -0.3 is 9.47 Å². The van der Waals surface area contributed by atoms with Gasteiger partial charge in [0, 0.05) is 20.6 Å². The van der Waals surface area contributed by atoms with Crippen molar-refractivity contribution < 1.29 is 19.1 Å². The number of Topliss-reactive ketones (excluding diaryl/α,β-unsaturated/α-hetero) is 2. The molecule has 120 valence electrons. The first kappa shape index (κ1) is 17.5. The molecule has 0 bridgehead atoms. The van der Waals surface area contributed by atoms with Crippen molar-refractivity contribution in [3.05, 3.63) is 57.0 Å². The van der Waals surface area contributed by atoms with Gasteiger partial charge in [0.1, 0.15) is 0 Å². The number of hydrogen-bond acceptors (Lipinski definition) is 4. The van der Waals surface area contributed by atoms with E-state index in [9.17, 15) is 9.59 Å². The second-order valence-electron chi connectivity index (χ2n) is 4.72. The summed E-state index contributed by atoms with van der Waals surface area (Å²) in [6, 6.07) is 9.67. The highest BCUT2D eigenvalue weighted by molar-refractivity contribution is 9.10. The average molecular weight is 398 g/mol. The van der Waals surface area contributed by atoms with Gasteiger partial charge in [-0.05, 0) is 36.4 Å². The van der Waals surface area contributed by atoms with Crippen LogP contribution in [0.25, 0.3) is 0 Å². The van der Waals surface area contributed by atoms with Gasteiger partial charge in [0.25, 0.3) is 0 Å². The van der Waals surface area contributed by atoms with E-state index in [-0.39, 0.29) is 18.0 Å². The zero-order valence-corrected chi connectivity index (χ0v) is 14.9. The van der Waals surface area contributed by atoms with Crippen LogP contribution in [0.3, 0.4) is 0 Å². The Balaban J connectivity index is 2.21. The van der Waals surface area contributed by atoms with Gasteiger partial charge in [0.2, 0.25) is 0 Å². The van der Waals surface area contributed by atoms with E-state index in [1.54, 1.807) is 30.3 Å². The van der Waals surface area contributed by atoms with E-state index in [2.05, 4.69) is 15.9 Å². The molecular formula is C17H14BrClO4. The van der Waals surface area contributed by atoms with Crippen LogP contribution in [-0.4, -0.2) is 25.8 Å². The number of carbonyl (C=O) groups excluding carboxylic acids is 2. The summed E-state index contributed by atoms with van der Waals surface area (Å²) in [6.07, 6.45) is -0.256. The zero-order valence-electron chi connectivity index (χ0n) is 12.6. The Kier molecular flexibility index (Phi) is 5.80. The van der Waals surface area contributed by atoms with Gasteiger partial charge in [0.15, 0.2) is 23.1 Å². The van der Waals surface area contributed by atoms with E-state index in [1.807, 2.05) is 0 Å². The minimum absolute atomic E-state index is 0.256. The first-order valence-corrected chi connectivity index (χ1v) is 7.87. The quantitative estimate of drug-likeness (QED) is 0.529. The van der Waals surface area contributed by atoms with Crippen molar-refractivity contribution in [2.75, 3.05) is 14.2 Å². The van der Waals surface area contributed by atoms with Gasteiger partial charge >= 0.3 is 0 Å². The lowest BCUT2D eigenvalue weighted by atomic mass is 10.0. The van der Waals surface area contributed by atoms with Crippen molar-refractivity contribution in [3.8, 4) is 11.5 Å². The molecule has 2 rings (SSSR count). The molecule has 6 heteroatoms. The van der Waals surface area contributed by atoms with Crippen LogP contribution in [0.5, 0.6) is 11.5 Å². The molecule has 2 aromatic rings. The molecule has 2 aromatic carbocycles. The lowest BCUT2D eigenvalue weighted by Gasteiger charge is -2.09. The molecule has 0 heterocycles. The maximum Gasteiger partial charge on any atom is 0.171 e. The van der Waals surface area contributed by atoms with E-state index in [1.165, 1.54) is 20.3 Å². The number of hydrogen-bond donors (Lipinski definition) is 0. The lowest BCUT2D eigenvalue weighted by molar-refractivity contribution is 0.0893. The predicted molar refractivity (Wildman–Crippen MR) is 92.0 cm³/mol. The van der Waals surface area contributed by atoms with Gasteiger partial charge in [-0.25, -0.2) is 0 Å². The molecular weight excluding hydrogens is 384 g/mol. The summed E-state index contributed by atoms with van der Waals surface area (Å²) in [5, 5.41) is 0.440. The number of halogens is 2. The van der Waals surface area contributed by atoms with Crippen LogP contribution in [0, 0.1) is 0 Å². The van der Waals surface area contributed by atoms with E-state index in [0.717, 1.165) is 0 Å². The second kappa shape index (κ2) is 7.62. The van der Waals surface area contributed by atoms with E-state index in [0.29, 0.717) is 32.1 Å². The van der Waals surface area contributed by atoms with Crippen LogP contribution in [-0.2, 0) is 0 Å². The Morgan fingerprint density at radius 1 is 1.00 bits per heavy atom. The van der Waals surface area contributed by atoms with Crippen LogP contribution in [0.4, 0.5) is 0 Å². The third-order valence-corrected chi connectivity index (χ3v) is 4.18. The molecule has 0 aliphatic carbocycles. The number of benzene rings is 2. The van der Waals surface area contributed by atoms with Crippen molar-refractivity contribution >= 4 is 39.1 Å². The number of ether oxygens (including phenoxy) is 2. The smallest absolute Gasteiger partial charge is 0.171 e. The molecule has 0 aromatic heterocycles. The molecule has 0 atom stereocenters. The molecule has 0 N–H and O–H groups in total. The fourth-order valence-corrected chi connectivity index (χ4v) is 2.70. The normalized spacial score (nSPS) is 10.3. The van der Waals surface area contributed by atoms with E-state index < -0.39 is 0 Å². The summed E-state index contributed by atoms with van der Waals surface area (Å²) in [5.41, 5.74) is 0.764. The highest BCUT2D eigenvalue weighted by atomic mass is 79.9. The molecule has 0 aliphatic heterocycles. The number of rotatable bonds is 6. The molecule has 0 radical (unpaired) electrons. The van der Waals surface area contributed by atoms with Gasteiger partial charge in [-0.1, -0.05) is 27.5 Å². The third-order valence-electron chi connectivity index (χ3n) is 3.26. The van der Waals surface area contributed by atoms with Crippen molar-refractivity contribution in [2.24, 2.45) is 0 Å². The molecule has 4 nitrogen and oxygen atoms in total. The van der Waals surface area contributed by atoms with E-state index in [4.69, 9.17) is 21.1 Å². The molecule has 0 saturated heterocycles. The monoisotopic (exact) mass is 396 g/mol. The van der Waals surface area contributed by atoms with Gasteiger partial charge in [-0.2, -0.15) is 0 Å². The summed E-state index contributed by atoms with van der Waals surface area (Å²) in [4.78, 5) is 24.6. The molecule has 0 amide bonds. The number of methoxy groups -OCH3 is 2. The predicted octanol–water partition coefficient (Wildman–Crippen LogP) is 4.58. The van der Waals surface area contributed by atoms with Crippen molar-refractivity contribution in [1.82, 2.24) is 0 Å². The lowest BCUT2D eigenvalue weighted by Crippen LogP contribution is -2.09. The fourth-order valence-electron chi connectivity index (χ4n) is 2.06. The third kappa shape index (κ3) is 4.12. The van der Waals surface area contributed by atoms with Crippen molar-refractivity contribution in [3.63, 3.8) is 0 Å². The fraction of sp³-hybridized carbons (Fsp3) is 0.176. The topological polar surface area (TPSA) is 52.6 Å². The summed E-state index contributed by atoms with van der Waals surface area (Å²) in [6.45, 7) is 0. The second-order valence-corrected chi connectivity index (χ2v) is 6.01. The molecule has 23 heavy (non-hydrogen) atoms. The standard InChI is InChI=1S/C17H14BrClO4/c1-22-16-6-3-10(7-17(16)23-2)14(20)9-15(21)12-8-11(19)4-5-13(12)18/h3-8H,9H2,1-2H3.